The molecular weight excluding hydrogens is 225 g/mol. The molecule has 1 heterocycles. The lowest BCUT2D eigenvalue weighted by Crippen LogP contribution is -2.36. The highest BCUT2D eigenvalue weighted by molar-refractivity contribution is 4.99. The summed E-state index contributed by atoms with van der Waals surface area (Å²) in [6.45, 7) is 0.940. The van der Waals surface area contributed by atoms with Crippen LogP contribution in [-0.4, -0.2) is 26.9 Å². The van der Waals surface area contributed by atoms with Crippen LogP contribution < -0.4 is 5.56 Å². The molecular formula is C9H11F3N2O2. The highest BCUT2D eigenvalue weighted by atomic mass is 19.4. The lowest BCUT2D eigenvalue weighted by atomic mass is 10.3. The number of aromatic nitrogens is 2. The van der Waals surface area contributed by atoms with Crippen molar-refractivity contribution in [3.05, 3.63) is 28.4 Å². The van der Waals surface area contributed by atoms with Crippen LogP contribution in [0.5, 0.6) is 0 Å². The van der Waals surface area contributed by atoms with Crippen LogP contribution in [0.2, 0.25) is 0 Å². The summed E-state index contributed by atoms with van der Waals surface area (Å²) < 4.78 is 36.8. The molecule has 1 atom stereocenters. The van der Waals surface area contributed by atoms with Gasteiger partial charge in [0, 0.05) is 11.8 Å². The Morgan fingerprint density at radius 3 is 2.62 bits per heavy atom. The van der Waals surface area contributed by atoms with Gasteiger partial charge in [0.1, 0.15) is 0 Å². The molecule has 7 heteroatoms. The molecule has 0 spiro atoms. The monoisotopic (exact) mass is 236 g/mol. The smallest absolute Gasteiger partial charge is 0.382 e. The van der Waals surface area contributed by atoms with Crippen molar-refractivity contribution in [2.45, 2.75) is 32.2 Å². The average molecular weight is 236 g/mol. The normalized spacial score (nSPS) is 13.8. The third-order valence-corrected chi connectivity index (χ3v) is 2.05. The van der Waals surface area contributed by atoms with Crippen LogP contribution in [0.4, 0.5) is 13.2 Å². The van der Waals surface area contributed by atoms with Crippen LogP contribution in [0, 0.1) is 0 Å². The lowest BCUT2D eigenvalue weighted by molar-refractivity contribution is -0.207. The van der Waals surface area contributed by atoms with E-state index in [0.717, 1.165) is 17.0 Å². The molecule has 0 saturated carbocycles. The summed E-state index contributed by atoms with van der Waals surface area (Å²) in [5.74, 6) is 0. The fourth-order valence-electron chi connectivity index (χ4n) is 1.08. The first-order valence-corrected chi connectivity index (χ1v) is 4.64. The van der Waals surface area contributed by atoms with Gasteiger partial charge in [-0.2, -0.15) is 13.2 Å². The van der Waals surface area contributed by atoms with Gasteiger partial charge < -0.3 is 5.11 Å². The summed E-state index contributed by atoms with van der Waals surface area (Å²) >= 11 is 0. The molecule has 1 aromatic heterocycles. The van der Waals surface area contributed by atoms with Crippen molar-refractivity contribution < 1.29 is 18.3 Å². The molecule has 0 aliphatic rings. The Balaban J connectivity index is 2.87. The van der Waals surface area contributed by atoms with Crippen molar-refractivity contribution in [3.63, 3.8) is 0 Å². The van der Waals surface area contributed by atoms with E-state index in [1.165, 1.54) is 0 Å². The Bertz CT molecular complexity index is 414. The van der Waals surface area contributed by atoms with Gasteiger partial charge in [0.25, 0.3) is 5.56 Å². The highest BCUT2D eigenvalue weighted by Gasteiger charge is 2.38. The summed E-state index contributed by atoms with van der Waals surface area (Å²) in [4.78, 5) is 15.1. The average Bonchev–Trinajstić information content (AvgIpc) is 2.19. The van der Waals surface area contributed by atoms with Gasteiger partial charge >= 0.3 is 6.18 Å². The number of alkyl halides is 3. The van der Waals surface area contributed by atoms with Gasteiger partial charge in [-0.3, -0.25) is 9.36 Å². The maximum absolute atomic E-state index is 12.0. The van der Waals surface area contributed by atoms with E-state index in [2.05, 4.69) is 4.98 Å². The first kappa shape index (κ1) is 12.7. The third kappa shape index (κ3) is 3.06. The molecule has 0 fully saturated rings. The quantitative estimate of drug-likeness (QED) is 0.841. The van der Waals surface area contributed by atoms with Crippen molar-refractivity contribution in [2.24, 2.45) is 0 Å². The number of hydrogen-bond acceptors (Lipinski definition) is 3. The van der Waals surface area contributed by atoms with E-state index in [-0.39, 0.29) is 0 Å². The molecule has 1 rings (SSSR count). The Kier molecular flexibility index (Phi) is 3.69. The third-order valence-electron chi connectivity index (χ3n) is 2.05. The maximum atomic E-state index is 12.0. The second kappa shape index (κ2) is 4.65. The second-order valence-corrected chi connectivity index (χ2v) is 3.28. The van der Waals surface area contributed by atoms with Gasteiger partial charge in [-0.1, -0.05) is 6.92 Å². The van der Waals surface area contributed by atoms with Crippen LogP contribution >= 0.6 is 0 Å². The fraction of sp³-hybridized carbons (Fsp3) is 0.556. The predicted molar refractivity (Wildman–Crippen MR) is 49.9 cm³/mol. The Morgan fingerprint density at radius 1 is 1.56 bits per heavy atom. The van der Waals surface area contributed by atoms with Crippen LogP contribution in [-0.2, 0) is 13.0 Å². The molecule has 0 radical (unpaired) electrons. The minimum absolute atomic E-state index is 0.503. The number of aryl methyl sites for hydroxylation is 1. The van der Waals surface area contributed by atoms with Gasteiger partial charge in [-0.05, 0) is 6.42 Å². The van der Waals surface area contributed by atoms with Crippen molar-refractivity contribution in [3.8, 4) is 0 Å². The molecule has 90 valence electrons. The molecule has 4 nitrogen and oxygen atoms in total. The largest absolute Gasteiger partial charge is 0.416 e. The van der Waals surface area contributed by atoms with E-state index in [4.69, 9.17) is 5.11 Å². The summed E-state index contributed by atoms with van der Waals surface area (Å²) in [6.07, 6.45) is -5.75. The van der Waals surface area contributed by atoms with E-state index < -0.39 is 24.4 Å². The van der Waals surface area contributed by atoms with Crippen LogP contribution in [0.25, 0.3) is 0 Å². The Labute approximate surface area is 89.4 Å². The Hall–Kier alpha value is -1.37. The molecule has 0 saturated heterocycles. The van der Waals surface area contributed by atoms with Crippen molar-refractivity contribution in [1.82, 2.24) is 9.55 Å². The molecule has 0 aliphatic carbocycles. The molecule has 1 aromatic rings. The van der Waals surface area contributed by atoms with E-state index in [1.807, 2.05) is 0 Å². The summed E-state index contributed by atoms with van der Waals surface area (Å²) in [6, 6.07) is 1.16. The van der Waals surface area contributed by atoms with E-state index >= 15 is 0 Å². The molecule has 0 bridgehead atoms. The first-order valence-electron chi connectivity index (χ1n) is 4.64. The lowest BCUT2D eigenvalue weighted by Gasteiger charge is -2.15. The minimum Gasteiger partial charge on any atom is -0.382 e. The molecule has 0 amide bonds. The van der Waals surface area contributed by atoms with Gasteiger partial charge in [-0.25, -0.2) is 4.98 Å². The van der Waals surface area contributed by atoms with Crippen molar-refractivity contribution >= 4 is 0 Å². The highest BCUT2D eigenvalue weighted by Crippen LogP contribution is 2.20. The summed E-state index contributed by atoms with van der Waals surface area (Å²) in [7, 11) is 0. The zero-order valence-corrected chi connectivity index (χ0v) is 8.53. The molecule has 1 N–H and O–H groups in total. The molecule has 0 aliphatic heterocycles. The number of rotatable bonds is 3. The van der Waals surface area contributed by atoms with Crippen LogP contribution in [0.15, 0.2) is 17.2 Å². The standard InChI is InChI=1S/C9H11F3N2O2/c1-2-6-3-8(16)14(5-13-6)4-7(15)9(10,11)12/h3,5,7,15H,2,4H2,1H3/t7-/m1/s1. The number of nitrogens with zero attached hydrogens (tertiary/aromatic N) is 2. The SMILES string of the molecule is CCc1cc(=O)n(C[C@@H](O)C(F)(F)F)cn1. The Morgan fingerprint density at radius 2 is 2.19 bits per heavy atom. The maximum Gasteiger partial charge on any atom is 0.416 e. The number of halogens is 3. The number of hydrogen-bond donors (Lipinski definition) is 1. The molecule has 16 heavy (non-hydrogen) atoms. The molecule has 0 unspecified atom stereocenters. The molecule has 0 aromatic carbocycles. The van der Waals surface area contributed by atoms with Crippen molar-refractivity contribution in [1.29, 1.82) is 0 Å². The van der Waals surface area contributed by atoms with Gasteiger partial charge in [0.15, 0.2) is 6.10 Å². The van der Waals surface area contributed by atoms with E-state index in [9.17, 15) is 18.0 Å². The first-order chi connectivity index (χ1) is 7.34. The summed E-state index contributed by atoms with van der Waals surface area (Å²) in [5, 5.41) is 8.78. The fourth-order valence-corrected chi connectivity index (χ4v) is 1.08. The number of aliphatic hydroxyl groups is 1. The van der Waals surface area contributed by atoms with Crippen LogP contribution in [0.3, 0.4) is 0 Å². The van der Waals surface area contributed by atoms with E-state index in [1.54, 1.807) is 6.92 Å². The minimum atomic E-state index is -4.73. The van der Waals surface area contributed by atoms with Crippen molar-refractivity contribution in [2.75, 3.05) is 0 Å². The zero-order chi connectivity index (χ0) is 12.3. The van der Waals surface area contributed by atoms with Gasteiger partial charge in [0.05, 0.1) is 12.9 Å². The summed E-state index contributed by atoms with van der Waals surface area (Å²) in [5.41, 5.74) is -0.0992. The van der Waals surface area contributed by atoms with Gasteiger partial charge in [-0.15, -0.1) is 0 Å². The zero-order valence-electron chi connectivity index (χ0n) is 8.53. The second-order valence-electron chi connectivity index (χ2n) is 3.28. The topological polar surface area (TPSA) is 55.1 Å². The van der Waals surface area contributed by atoms with Crippen LogP contribution in [0.1, 0.15) is 12.6 Å². The van der Waals surface area contributed by atoms with Gasteiger partial charge in [0.2, 0.25) is 0 Å². The van der Waals surface area contributed by atoms with E-state index in [0.29, 0.717) is 12.1 Å². The number of aliphatic hydroxyl groups excluding tert-OH is 1. The predicted octanol–water partition coefficient (Wildman–Crippen LogP) is 0.729.